The molecule has 1 heterocycles. The van der Waals surface area contributed by atoms with Crippen molar-refractivity contribution in [2.24, 2.45) is 0 Å². The van der Waals surface area contributed by atoms with Crippen LogP contribution in [0.4, 0.5) is 0 Å². The highest BCUT2D eigenvalue weighted by atomic mass is 16.5. The van der Waals surface area contributed by atoms with Crippen molar-refractivity contribution >= 4 is 0 Å². The minimum Gasteiger partial charge on any atom is -0.486 e. The van der Waals surface area contributed by atoms with Gasteiger partial charge in [-0.3, -0.25) is 0 Å². The second-order valence-electron chi connectivity index (χ2n) is 9.37. The van der Waals surface area contributed by atoms with Gasteiger partial charge < -0.3 is 4.74 Å². The van der Waals surface area contributed by atoms with Gasteiger partial charge in [0, 0.05) is 5.56 Å². The topological polar surface area (TPSA) is 35.0 Å². The van der Waals surface area contributed by atoms with E-state index in [0.29, 0.717) is 12.4 Å². The van der Waals surface area contributed by atoms with Gasteiger partial charge in [0.2, 0.25) is 0 Å². The Bertz CT molecular complexity index is 917. The molecule has 0 saturated carbocycles. The quantitative estimate of drug-likeness (QED) is 0.201. The molecule has 3 nitrogen and oxygen atoms in total. The lowest BCUT2D eigenvalue weighted by atomic mass is 10.0. The van der Waals surface area contributed by atoms with Gasteiger partial charge in [0.15, 0.2) is 11.6 Å². The van der Waals surface area contributed by atoms with Gasteiger partial charge >= 0.3 is 0 Å². The van der Waals surface area contributed by atoms with Crippen LogP contribution in [-0.4, -0.2) is 9.97 Å². The van der Waals surface area contributed by atoms with E-state index in [-0.39, 0.29) is 0 Å². The molecule has 0 bridgehead atoms. The van der Waals surface area contributed by atoms with Crippen molar-refractivity contribution in [3.63, 3.8) is 0 Å². The SMILES string of the molecule is CCCCCCCCc1ccc(-c2ncc(OCc3ccc(CCCCCC)cc3)cn2)cc1. The molecule has 3 heteroatoms. The van der Waals surface area contributed by atoms with E-state index in [4.69, 9.17) is 4.74 Å². The Kier molecular flexibility index (Phi) is 11.6. The van der Waals surface area contributed by atoms with E-state index in [2.05, 4.69) is 72.3 Å². The molecular formula is C31H42N2O. The molecule has 0 unspecified atom stereocenters. The molecular weight excluding hydrogens is 416 g/mol. The summed E-state index contributed by atoms with van der Waals surface area (Å²) in [7, 11) is 0. The summed E-state index contributed by atoms with van der Waals surface area (Å²) in [5, 5.41) is 0. The van der Waals surface area contributed by atoms with Gasteiger partial charge in [-0.05, 0) is 42.4 Å². The van der Waals surface area contributed by atoms with Crippen molar-refractivity contribution in [1.82, 2.24) is 9.97 Å². The summed E-state index contributed by atoms with van der Waals surface area (Å²) in [5.74, 6) is 1.44. The molecule has 0 fully saturated rings. The number of benzene rings is 2. The van der Waals surface area contributed by atoms with E-state index in [1.54, 1.807) is 12.4 Å². The number of aromatic nitrogens is 2. The maximum Gasteiger partial charge on any atom is 0.159 e. The van der Waals surface area contributed by atoms with E-state index in [0.717, 1.165) is 24.2 Å². The number of rotatable bonds is 16. The Morgan fingerprint density at radius 2 is 1.03 bits per heavy atom. The molecule has 0 radical (unpaired) electrons. The van der Waals surface area contributed by atoms with E-state index < -0.39 is 0 Å². The number of hydrogen-bond donors (Lipinski definition) is 0. The predicted molar refractivity (Wildman–Crippen MR) is 143 cm³/mol. The third-order valence-corrected chi connectivity index (χ3v) is 6.41. The molecule has 0 amide bonds. The van der Waals surface area contributed by atoms with Crippen LogP contribution in [0.1, 0.15) is 94.7 Å². The van der Waals surface area contributed by atoms with E-state index >= 15 is 0 Å². The largest absolute Gasteiger partial charge is 0.486 e. The number of unbranched alkanes of at least 4 members (excludes halogenated alkanes) is 8. The Balaban J connectivity index is 1.41. The lowest BCUT2D eigenvalue weighted by molar-refractivity contribution is 0.303. The first-order valence-electron chi connectivity index (χ1n) is 13.4. The summed E-state index contributed by atoms with van der Waals surface area (Å²) in [6.07, 6.45) is 19.1. The van der Waals surface area contributed by atoms with Gasteiger partial charge in [-0.2, -0.15) is 0 Å². The zero-order valence-corrected chi connectivity index (χ0v) is 21.3. The Hall–Kier alpha value is -2.68. The minimum atomic E-state index is 0.534. The molecule has 0 spiro atoms. The third kappa shape index (κ3) is 9.29. The molecule has 0 atom stereocenters. The highest BCUT2D eigenvalue weighted by molar-refractivity contribution is 5.55. The first kappa shape index (κ1) is 25.9. The van der Waals surface area contributed by atoms with Gasteiger partial charge in [0.1, 0.15) is 6.61 Å². The van der Waals surface area contributed by atoms with Crippen LogP contribution in [0.5, 0.6) is 5.75 Å². The molecule has 0 N–H and O–H groups in total. The maximum absolute atomic E-state index is 5.91. The van der Waals surface area contributed by atoms with Crippen LogP contribution in [-0.2, 0) is 19.4 Å². The molecule has 0 saturated heterocycles. The lowest BCUT2D eigenvalue weighted by Gasteiger charge is -2.08. The van der Waals surface area contributed by atoms with Gasteiger partial charge in [-0.15, -0.1) is 0 Å². The fourth-order valence-corrected chi connectivity index (χ4v) is 4.19. The lowest BCUT2D eigenvalue weighted by Crippen LogP contribution is -1.98. The first-order valence-corrected chi connectivity index (χ1v) is 13.4. The van der Waals surface area contributed by atoms with Gasteiger partial charge in [-0.25, -0.2) is 9.97 Å². The van der Waals surface area contributed by atoms with Crippen molar-refractivity contribution in [1.29, 1.82) is 0 Å². The van der Waals surface area contributed by atoms with Gasteiger partial charge in [0.25, 0.3) is 0 Å². The summed E-state index contributed by atoms with van der Waals surface area (Å²) in [6, 6.07) is 17.5. The first-order chi connectivity index (χ1) is 16.8. The highest BCUT2D eigenvalue weighted by Gasteiger charge is 2.04. The molecule has 0 aliphatic carbocycles. The summed E-state index contributed by atoms with van der Waals surface area (Å²) in [6.45, 7) is 5.05. The summed E-state index contributed by atoms with van der Waals surface area (Å²) in [4.78, 5) is 9.04. The standard InChI is InChI=1S/C31H42N2O/c1-3-5-7-9-10-12-14-27-19-21-29(22-20-27)31-32-23-30(24-33-31)34-25-28-17-15-26(16-18-28)13-11-8-6-4-2/h15-24H,3-14,25H2,1-2H3. The fraction of sp³-hybridized carbons (Fsp3) is 0.484. The zero-order valence-electron chi connectivity index (χ0n) is 21.3. The molecule has 0 aliphatic heterocycles. The summed E-state index contributed by atoms with van der Waals surface area (Å²) in [5.41, 5.74) is 5.02. The second-order valence-corrected chi connectivity index (χ2v) is 9.37. The van der Waals surface area contributed by atoms with Crippen molar-refractivity contribution < 1.29 is 4.74 Å². The van der Waals surface area contributed by atoms with E-state index in [9.17, 15) is 0 Å². The highest BCUT2D eigenvalue weighted by Crippen LogP contribution is 2.19. The average Bonchev–Trinajstić information content (AvgIpc) is 2.89. The zero-order chi connectivity index (χ0) is 23.8. The minimum absolute atomic E-state index is 0.534. The normalized spacial score (nSPS) is 11.0. The van der Waals surface area contributed by atoms with Crippen LogP contribution < -0.4 is 4.74 Å². The van der Waals surface area contributed by atoms with Crippen molar-refractivity contribution in [3.05, 3.63) is 77.6 Å². The fourth-order valence-electron chi connectivity index (χ4n) is 4.19. The van der Waals surface area contributed by atoms with Crippen LogP contribution in [0.2, 0.25) is 0 Å². The summed E-state index contributed by atoms with van der Waals surface area (Å²) >= 11 is 0. The van der Waals surface area contributed by atoms with Crippen LogP contribution in [0.3, 0.4) is 0 Å². The van der Waals surface area contributed by atoms with Crippen LogP contribution in [0.15, 0.2) is 60.9 Å². The molecule has 34 heavy (non-hydrogen) atoms. The third-order valence-electron chi connectivity index (χ3n) is 6.41. The van der Waals surface area contributed by atoms with Gasteiger partial charge in [0.05, 0.1) is 12.4 Å². The van der Waals surface area contributed by atoms with Crippen molar-refractivity contribution in [2.45, 2.75) is 97.5 Å². The van der Waals surface area contributed by atoms with Crippen LogP contribution >= 0.6 is 0 Å². The van der Waals surface area contributed by atoms with Crippen LogP contribution in [0, 0.1) is 0 Å². The Morgan fingerprint density at radius 1 is 0.559 bits per heavy atom. The van der Waals surface area contributed by atoms with E-state index in [1.807, 2.05) is 0 Å². The van der Waals surface area contributed by atoms with Gasteiger partial charge in [-0.1, -0.05) is 114 Å². The Labute approximate surface area is 207 Å². The van der Waals surface area contributed by atoms with Crippen molar-refractivity contribution in [3.8, 4) is 17.1 Å². The van der Waals surface area contributed by atoms with E-state index in [1.165, 1.54) is 80.9 Å². The Morgan fingerprint density at radius 3 is 1.62 bits per heavy atom. The number of hydrogen-bond acceptors (Lipinski definition) is 3. The molecule has 182 valence electrons. The molecule has 1 aromatic heterocycles. The smallest absolute Gasteiger partial charge is 0.159 e. The number of ether oxygens (including phenoxy) is 1. The summed E-state index contributed by atoms with van der Waals surface area (Å²) < 4.78 is 5.91. The van der Waals surface area contributed by atoms with Crippen molar-refractivity contribution in [2.75, 3.05) is 0 Å². The molecule has 3 rings (SSSR count). The monoisotopic (exact) mass is 458 g/mol. The molecule has 0 aliphatic rings. The molecule has 3 aromatic rings. The molecule has 2 aromatic carbocycles. The van der Waals surface area contributed by atoms with Crippen LogP contribution in [0.25, 0.3) is 11.4 Å². The predicted octanol–water partition coefficient (Wildman–Crippen LogP) is 8.75. The number of nitrogens with zero attached hydrogens (tertiary/aromatic N) is 2. The maximum atomic E-state index is 5.91. The average molecular weight is 459 g/mol. The second kappa shape index (κ2) is 15.3. The number of aryl methyl sites for hydroxylation is 2.